The standard InChI is InChI=1S/C17H24ClN3O/c1-13-5-6-15(18)11-16(13)20-7-9-21(10-8-20)17(22)19-12-14-3-2-4-14/h5-6,11,14H,2-4,7-10,12H2,1H3,(H,19,22). The first kappa shape index (κ1) is 15.5. The topological polar surface area (TPSA) is 35.6 Å². The Bertz CT molecular complexity index is 537. The summed E-state index contributed by atoms with van der Waals surface area (Å²) in [7, 11) is 0. The van der Waals surface area contributed by atoms with Crippen LogP contribution in [0.25, 0.3) is 0 Å². The van der Waals surface area contributed by atoms with Crippen LogP contribution >= 0.6 is 11.6 Å². The van der Waals surface area contributed by atoms with Gasteiger partial charge in [-0.25, -0.2) is 4.79 Å². The third kappa shape index (κ3) is 3.49. The van der Waals surface area contributed by atoms with E-state index in [0.29, 0.717) is 5.92 Å². The number of hydrogen-bond donors (Lipinski definition) is 1. The summed E-state index contributed by atoms with van der Waals surface area (Å²) in [5.74, 6) is 0.708. The average Bonchev–Trinajstić information content (AvgIpc) is 2.48. The molecule has 0 unspecified atom stereocenters. The molecule has 2 amide bonds. The van der Waals surface area contributed by atoms with E-state index in [0.717, 1.165) is 37.7 Å². The fourth-order valence-corrected chi connectivity index (χ4v) is 3.28. The summed E-state index contributed by atoms with van der Waals surface area (Å²) < 4.78 is 0. The number of benzene rings is 1. The van der Waals surface area contributed by atoms with Crippen LogP contribution in [0.4, 0.5) is 10.5 Å². The van der Waals surface area contributed by atoms with Crippen LogP contribution in [-0.4, -0.2) is 43.7 Å². The van der Waals surface area contributed by atoms with Crippen molar-refractivity contribution in [1.29, 1.82) is 0 Å². The Morgan fingerprint density at radius 2 is 2.00 bits per heavy atom. The highest BCUT2D eigenvalue weighted by Gasteiger charge is 2.24. The van der Waals surface area contributed by atoms with Gasteiger partial charge in [0.25, 0.3) is 0 Å². The monoisotopic (exact) mass is 321 g/mol. The van der Waals surface area contributed by atoms with Gasteiger partial charge in [0.2, 0.25) is 0 Å². The lowest BCUT2D eigenvalue weighted by molar-refractivity contribution is 0.188. The summed E-state index contributed by atoms with van der Waals surface area (Å²) in [6.45, 7) is 6.19. The van der Waals surface area contributed by atoms with Crippen LogP contribution in [0, 0.1) is 12.8 Å². The van der Waals surface area contributed by atoms with Crippen LogP contribution in [-0.2, 0) is 0 Å². The normalized spacial score (nSPS) is 19.0. The first-order chi connectivity index (χ1) is 10.6. The van der Waals surface area contributed by atoms with Gasteiger partial charge in [0.15, 0.2) is 0 Å². The minimum atomic E-state index is 0.0920. The molecule has 3 rings (SSSR count). The number of carbonyl (C=O) groups excluding carboxylic acids is 1. The molecule has 0 atom stereocenters. The van der Waals surface area contributed by atoms with Gasteiger partial charge in [0.05, 0.1) is 0 Å². The maximum atomic E-state index is 12.2. The third-order valence-corrected chi connectivity index (χ3v) is 5.08. The predicted octanol–water partition coefficient (Wildman–Crippen LogP) is 3.28. The molecule has 1 N–H and O–H groups in total. The molecule has 5 heteroatoms. The van der Waals surface area contributed by atoms with E-state index in [2.05, 4.69) is 23.2 Å². The summed E-state index contributed by atoms with van der Waals surface area (Å²) in [6.07, 6.45) is 3.85. The highest BCUT2D eigenvalue weighted by molar-refractivity contribution is 6.30. The zero-order valence-corrected chi connectivity index (χ0v) is 13.9. The van der Waals surface area contributed by atoms with Crippen LogP contribution in [0.5, 0.6) is 0 Å². The zero-order valence-electron chi connectivity index (χ0n) is 13.1. The van der Waals surface area contributed by atoms with E-state index < -0.39 is 0 Å². The second-order valence-corrected chi connectivity index (χ2v) is 6.82. The van der Waals surface area contributed by atoms with Crippen LogP contribution < -0.4 is 10.2 Å². The molecule has 0 aromatic heterocycles. The van der Waals surface area contributed by atoms with Gasteiger partial charge in [-0.2, -0.15) is 0 Å². The first-order valence-corrected chi connectivity index (χ1v) is 8.55. The molecule has 22 heavy (non-hydrogen) atoms. The van der Waals surface area contributed by atoms with Crippen molar-refractivity contribution in [1.82, 2.24) is 10.2 Å². The summed E-state index contributed by atoms with van der Waals surface area (Å²) in [5, 5.41) is 3.84. The van der Waals surface area contributed by atoms with Gasteiger partial charge >= 0.3 is 6.03 Å². The Balaban J connectivity index is 1.51. The lowest BCUT2D eigenvalue weighted by Crippen LogP contribution is -2.52. The summed E-state index contributed by atoms with van der Waals surface area (Å²) >= 11 is 6.10. The number of hydrogen-bond acceptors (Lipinski definition) is 2. The van der Waals surface area contributed by atoms with Gasteiger partial charge in [0.1, 0.15) is 0 Å². The van der Waals surface area contributed by atoms with E-state index in [1.807, 2.05) is 17.0 Å². The highest BCUT2D eigenvalue weighted by Crippen LogP contribution is 2.26. The molecule has 1 aliphatic heterocycles. The number of rotatable bonds is 3. The lowest BCUT2D eigenvalue weighted by atomic mass is 9.85. The molecular weight excluding hydrogens is 298 g/mol. The molecule has 1 aliphatic carbocycles. The molecule has 1 saturated carbocycles. The number of halogens is 1. The molecule has 4 nitrogen and oxygen atoms in total. The third-order valence-electron chi connectivity index (χ3n) is 4.85. The summed E-state index contributed by atoms with van der Waals surface area (Å²) in [4.78, 5) is 16.4. The molecule has 1 aromatic carbocycles. The highest BCUT2D eigenvalue weighted by atomic mass is 35.5. The predicted molar refractivity (Wildman–Crippen MR) is 90.7 cm³/mol. The van der Waals surface area contributed by atoms with Crippen LogP contribution in [0.2, 0.25) is 5.02 Å². The Morgan fingerprint density at radius 1 is 1.27 bits per heavy atom. The molecule has 1 saturated heterocycles. The molecule has 0 radical (unpaired) electrons. The zero-order chi connectivity index (χ0) is 15.5. The van der Waals surface area contributed by atoms with Crippen molar-refractivity contribution in [2.45, 2.75) is 26.2 Å². The fourth-order valence-electron chi connectivity index (χ4n) is 3.11. The van der Waals surface area contributed by atoms with Crippen LogP contribution in [0.15, 0.2) is 18.2 Å². The molecular formula is C17H24ClN3O. The minimum absolute atomic E-state index is 0.0920. The van der Waals surface area contributed by atoms with Crippen molar-refractivity contribution in [2.75, 3.05) is 37.6 Å². The van der Waals surface area contributed by atoms with Gasteiger partial charge in [-0.3, -0.25) is 0 Å². The summed E-state index contributed by atoms with van der Waals surface area (Å²) in [5.41, 5.74) is 2.41. The quantitative estimate of drug-likeness (QED) is 0.927. The number of piperazine rings is 1. The fraction of sp³-hybridized carbons (Fsp3) is 0.588. The van der Waals surface area contributed by atoms with Gasteiger partial charge in [0, 0.05) is 43.4 Å². The SMILES string of the molecule is Cc1ccc(Cl)cc1N1CCN(C(=O)NCC2CCC2)CC1. The van der Waals surface area contributed by atoms with Crippen molar-refractivity contribution < 1.29 is 4.79 Å². The Morgan fingerprint density at radius 3 is 2.64 bits per heavy atom. The Kier molecular flexibility index (Phi) is 4.77. The number of urea groups is 1. The second-order valence-electron chi connectivity index (χ2n) is 6.39. The average molecular weight is 322 g/mol. The maximum Gasteiger partial charge on any atom is 0.317 e. The van der Waals surface area contributed by atoms with Crippen LogP contribution in [0.3, 0.4) is 0 Å². The lowest BCUT2D eigenvalue weighted by Gasteiger charge is -2.37. The largest absolute Gasteiger partial charge is 0.368 e. The van der Waals surface area contributed by atoms with E-state index in [9.17, 15) is 4.79 Å². The van der Waals surface area contributed by atoms with Crippen molar-refractivity contribution in [3.63, 3.8) is 0 Å². The van der Waals surface area contributed by atoms with Crippen molar-refractivity contribution in [3.8, 4) is 0 Å². The van der Waals surface area contributed by atoms with E-state index in [4.69, 9.17) is 11.6 Å². The second kappa shape index (κ2) is 6.78. The van der Waals surface area contributed by atoms with Crippen LogP contribution in [0.1, 0.15) is 24.8 Å². The smallest absolute Gasteiger partial charge is 0.317 e. The number of aryl methyl sites for hydroxylation is 1. The van der Waals surface area contributed by atoms with Gasteiger partial charge < -0.3 is 15.1 Å². The maximum absolute atomic E-state index is 12.2. The molecule has 1 aromatic rings. The molecule has 2 fully saturated rings. The van der Waals surface area contributed by atoms with Gasteiger partial charge in [-0.05, 0) is 43.4 Å². The number of carbonyl (C=O) groups is 1. The van der Waals surface area contributed by atoms with E-state index in [-0.39, 0.29) is 6.03 Å². The van der Waals surface area contributed by atoms with E-state index in [1.54, 1.807) is 0 Å². The van der Waals surface area contributed by atoms with Gasteiger partial charge in [-0.1, -0.05) is 24.1 Å². The number of nitrogens with zero attached hydrogens (tertiary/aromatic N) is 2. The summed E-state index contributed by atoms with van der Waals surface area (Å²) in [6, 6.07) is 6.08. The Labute approximate surface area is 137 Å². The first-order valence-electron chi connectivity index (χ1n) is 8.17. The number of amides is 2. The van der Waals surface area contributed by atoms with Crippen molar-refractivity contribution in [3.05, 3.63) is 28.8 Å². The van der Waals surface area contributed by atoms with E-state index >= 15 is 0 Å². The molecule has 0 bridgehead atoms. The van der Waals surface area contributed by atoms with Crippen molar-refractivity contribution >= 4 is 23.3 Å². The molecule has 2 aliphatic rings. The molecule has 0 spiro atoms. The van der Waals surface area contributed by atoms with Crippen molar-refractivity contribution in [2.24, 2.45) is 5.92 Å². The number of anilines is 1. The molecule has 1 heterocycles. The van der Waals surface area contributed by atoms with E-state index in [1.165, 1.54) is 30.5 Å². The number of nitrogens with one attached hydrogen (secondary N) is 1. The Hall–Kier alpha value is -1.42. The van der Waals surface area contributed by atoms with Gasteiger partial charge in [-0.15, -0.1) is 0 Å². The minimum Gasteiger partial charge on any atom is -0.368 e. The molecule has 120 valence electrons.